The minimum absolute atomic E-state index is 0.443. The van der Waals surface area contributed by atoms with Crippen LogP contribution in [-0.2, 0) is 4.79 Å². The lowest BCUT2D eigenvalue weighted by atomic mass is 10.3. The number of aryl methyl sites for hydroxylation is 1. The second-order valence-corrected chi connectivity index (χ2v) is 2.25. The Hall–Kier alpha value is -1.09. The van der Waals surface area contributed by atoms with Gasteiger partial charge in [0, 0.05) is 11.9 Å². The Bertz CT molecular complexity index is 240. The van der Waals surface area contributed by atoms with E-state index in [-0.39, 0.29) is 0 Å². The molecule has 4 heteroatoms. The van der Waals surface area contributed by atoms with Gasteiger partial charge in [0.15, 0.2) is 0 Å². The zero-order chi connectivity index (χ0) is 8.85. The first-order valence-corrected chi connectivity index (χ1v) is 3.24. The third-order valence-corrected chi connectivity index (χ3v) is 1.32. The molecule has 0 aromatic carbocycles. The van der Waals surface area contributed by atoms with E-state index in [9.17, 15) is 0 Å². The number of nitrogens with two attached hydrogens (primary N) is 1. The van der Waals surface area contributed by atoms with E-state index in [0.717, 1.165) is 5.56 Å². The molecule has 0 aliphatic carbocycles. The first kappa shape index (κ1) is 9.91. The highest BCUT2D eigenvalue weighted by molar-refractivity contribution is 6.29. The van der Waals surface area contributed by atoms with E-state index in [1.165, 1.54) is 0 Å². The predicted molar refractivity (Wildman–Crippen MR) is 45.5 cm³/mol. The Labute approximate surface area is 70.2 Å². The van der Waals surface area contributed by atoms with Crippen LogP contribution in [0, 0.1) is 6.92 Å². The molecular formula is C7H9ClN2O. The Kier molecular flexibility index (Phi) is 4.22. The monoisotopic (exact) mass is 172 g/mol. The minimum atomic E-state index is 0.443. The van der Waals surface area contributed by atoms with E-state index in [4.69, 9.17) is 22.1 Å². The normalized spacial score (nSPS) is 8.18. The maximum absolute atomic E-state index is 8.00. The largest absolute Gasteiger partial charge is 0.398 e. The summed E-state index contributed by atoms with van der Waals surface area (Å²) in [5.74, 6) is 0. The van der Waals surface area contributed by atoms with Gasteiger partial charge in [0.1, 0.15) is 11.9 Å². The molecule has 2 N–H and O–H groups in total. The highest BCUT2D eigenvalue weighted by Crippen LogP contribution is 2.12. The van der Waals surface area contributed by atoms with Crippen LogP contribution in [0.25, 0.3) is 0 Å². The number of nitrogen functional groups attached to an aromatic ring is 1. The molecule has 1 aromatic heterocycles. The van der Waals surface area contributed by atoms with E-state index < -0.39 is 0 Å². The van der Waals surface area contributed by atoms with Crippen LogP contribution in [0.3, 0.4) is 0 Å². The number of carbonyl (C=O) groups is 1. The van der Waals surface area contributed by atoms with E-state index in [2.05, 4.69) is 4.98 Å². The fourth-order valence-electron chi connectivity index (χ4n) is 0.512. The van der Waals surface area contributed by atoms with Crippen molar-refractivity contribution in [3.63, 3.8) is 0 Å². The Morgan fingerprint density at radius 1 is 1.64 bits per heavy atom. The molecule has 60 valence electrons. The van der Waals surface area contributed by atoms with Gasteiger partial charge in [-0.15, -0.1) is 0 Å². The highest BCUT2D eigenvalue weighted by Gasteiger charge is 1.92. The first-order valence-electron chi connectivity index (χ1n) is 2.86. The number of halogens is 1. The lowest BCUT2D eigenvalue weighted by molar-refractivity contribution is -0.0979. The maximum Gasteiger partial charge on any atom is 0.131 e. The average Bonchev–Trinajstić information content (AvgIpc) is 2.02. The van der Waals surface area contributed by atoms with Crippen LogP contribution in [-0.4, -0.2) is 11.8 Å². The minimum Gasteiger partial charge on any atom is -0.398 e. The smallest absolute Gasteiger partial charge is 0.131 e. The van der Waals surface area contributed by atoms with Gasteiger partial charge in [0.25, 0.3) is 0 Å². The summed E-state index contributed by atoms with van der Waals surface area (Å²) in [5.41, 5.74) is 7.14. The summed E-state index contributed by atoms with van der Waals surface area (Å²) in [5, 5.41) is 0.443. The molecule has 0 bridgehead atoms. The van der Waals surface area contributed by atoms with Gasteiger partial charge in [0.05, 0.1) is 0 Å². The molecule has 1 rings (SSSR count). The van der Waals surface area contributed by atoms with Crippen molar-refractivity contribution in [2.75, 3.05) is 5.73 Å². The van der Waals surface area contributed by atoms with E-state index in [1.807, 2.05) is 13.7 Å². The van der Waals surface area contributed by atoms with Crippen molar-refractivity contribution in [2.45, 2.75) is 6.92 Å². The molecule has 1 aromatic rings. The highest BCUT2D eigenvalue weighted by atomic mass is 35.5. The molecule has 11 heavy (non-hydrogen) atoms. The molecule has 0 amide bonds. The zero-order valence-electron chi connectivity index (χ0n) is 6.17. The Morgan fingerprint density at radius 3 is 2.55 bits per heavy atom. The lowest BCUT2D eigenvalue weighted by Gasteiger charge is -1.96. The molecule has 0 saturated heterocycles. The van der Waals surface area contributed by atoms with Crippen molar-refractivity contribution in [3.05, 3.63) is 23.0 Å². The molecule has 0 radical (unpaired) electrons. The predicted octanol–water partition coefficient (Wildman–Crippen LogP) is 1.44. The number of pyridine rings is 1. The Morgan fingerprint density at radius 2 is 2.18 bits per heavy atom. The number of rotatable bonds is 0. The van der Waals surface area contributed by atoms with Crippen LogP contribution in [0.4, 0.5) is 5.69 Å². The van der Waals surface area contributed by atoms with Gasteiger partial charge in [-0.1, -0.05) is 11.6 Å². The van der Waals surface area contributed by atoms with Crippen molar-refractivity contribution >= 4 is 24.1 Å². The molecule has 0 aliphatic heterocycles. The third-order valence-electron chi connectivity index (χ3n) is 1.11. The summed E-state index contributed by atoms with van der Waals surface area (Å²) >= 11 is 5.53. The van der Waals surface area contributed by atoms with Gasteiger partial charge in [-0.25, -0.2) is 4.98 Å². The summed E-state index contributed by atoms with van der Waals surface area (Å²) in [7, 11) is 0. The second-order valence-electron chi connectivity index (χ2n) is 1.86. The molecule has 0 atom stereocenters. The third kappa shape index (κ3) is 3.00. The van der Waals surface area contributed by atoms with Crippen LogP contribution in [0.2, 0.25) is 5.15 Å². The summed E-state index contributed by atoms with van der Waals surface area (Å²) in [4.78, 5) is 11.8. The van der Waals surface area contributed by atoms with E-state index in [0.29, 0.717) is 10.8 Å². The second kappa shape index (κ2) is 4.68. The van der Waals surface area contributed by atoms with Gasteiger partial charge < -0.3 is 10.5 Å². The maximum atomic E-state index is 8.00. The fourth-order valence-corrected chi connectivity index (χ4v) is 0.679. The van der Waals surface area contributed by atoms with Gasteiger partial charge >= 0.3 is 0 Å². The average molecular weight is 173 g/mol. The Balaban J connectivity index is 0.000000461. The van der Waals surface area contributed by atoms with E-state index in [1.54, 1.807) is 12.3 Å². The fraction of sp³-hybridized carbons (Fsp3) is 0.143. The summed E-state index contributed by atoms with van der Waals surface area (Å²) in [6, 6.07) is 1.64. The zero-order valence-corrected chi connectivity index (χ0v) is 6.93. The molecule has 0 saturated carbocycles. The standard InChI is InChI=1S/C6H7ClN2.CH2O/c1-4-3-9-6(7)2-5(4)8;1-2/h2-3H,1H3,(H2,8,9);1H2. The van der Waals surface area contributed by atoms with Crippen LogP contribution in [0.15, 0.2) is 12.3 Å². The number of nitrogens with zero attached hydrogens (tertiary/aromatic N) is 1. The summed E-state index contributed by atoms with van der Waals surface area (Å²) in [6.07, 6.45) is 1.65. The molecule has 1 heterocycles. The number of aromatic nitrogens is 1. The van der Waals surface area contributed by atoms with Crippen molar-refractivity contribution in [1.29, 1.82) is 0 Å². The number of anilines is 1. The van der Waals surface area contributed by atoms with Gasteiger partial charge in [-0.3, -0.25) is 0 Å². The molecular weight excluding hydrogens is 164 g/mol. The van der Waals surface area contributed by atoms with Crippen LogP contribution in [0.1, 0.15) is 5.56 Å². The SMILES string of the molecule is C=O.Cc1cnc(Cl)cc1N. The number of hydrogen-bond donors (Lipinski definition) is 1. The van der Waals surface area contributed by atoms with Gasteiger partial charge in [-0.2, -0.15) is 0 Å². The molecule has 0 fully saturated rings. The summed E-state index contributed by atoms with van der Waals surface area (Å²) in [6.45, 7) is 3.89. The van der Waals surface area contributed by atoms with Crippen molar-refractivity contribution in [3.8, 4) is 0 Å². The lowest BCUT2D eigenvalue weighted by Crippen LogP contribution is -1.89. The molecule has 3 nitrogen and oxygen atoms in total. The van der Waals surface area contributed by atoms with Gasteiger partial charge in [-0.05, 0) is 18.6 Å². The van der Waals surface area contributed by atoms with Crippen molar-refractivity contribution in [2.24, 2.45) is 0 Å². The summed E-state index contributed by atoms with van der Waals surface area (Å²) < 4.78 is 0. The van der Waals surface area contributed by atoms with Gasteiger partial charge in [0.2, 0.25) is 0 Å². The first-order chi connectivity index (χ1) is 5.20. The number of hydrogen-bond acceptors (Lipinski definition) is 3. The molecule has 0 unspecified atom stereocenters. The van der Waals surface area contributed by atoms with Crippen molar-refractivity contribution < 1.29 is 4.79 Å². The number of carbonyl (C=O) groups excluding carboxylic acids is 1. The van der Waals surface area contributed by atoms with Crippen LogP contribution in [0.5, 0.6) is 0 Å². The van der Waals surface area contributed by atoms with Crippen LogP contribution >= 0.6 is 11.6 Å². The molecule has 0 spiro atoms. The van der Waals surface area contributed by atoms with Crippen molar-refractivity contribution in [1.82, 2.24) is 4.98 Å². The topological polar surface area (TPSA) is 56.0 Å². The molecule has 0 aliphatic rings. The quantitative estimate of drug-likeness (QED) is 0.603. The van der Waals surface area contributed by atoms with Crippen LogP contribution < -0.4 is 5.73 Å². The van der Waals surface area contributed by atoms with E-state index >= 15 is 0 Å².